The van der Waals surface area contributed by atoms with Crippen molar-refractivity contribution in [3.8, 4) is 22.6 Å². The molecule has 3 amide bonds. The van der Waals surface area contributed by atoms with E-state index in [9.17, 15) is 14.4 Å². The summed E-state index contributed by atoms with van der Waals surface area (Å²) in [6.07, 6.45) is 7.23. The number of amides is 3. The van der Waals surface area contributed by atoms with E-state index in [2.05, 4.69) is 12.2 Å². The number of hydrogen-bond donors (Lipinski definition) is 2. The number of carbonyl (C=O) groups is 3. The van der Waals surface area contributed by atoms with Crippen LogP contribution in [0.15, 0.2) is 103 Å². The SMILES string of the molecule is CCCCC(C(N)=O)C(CC1CCCC1)C(=O)NC1C(=O)N(Cc2cccc(Oc3ccccc3)c2)c2ccccc2-c2ccccc21. The highest BCUT2D eigenvalue weighted by Crippen LogP contribution is 2.42. The van der Waals surface area contributed by atoms with Gasteiger partial charge in [0, 0.05) is 17.4 Å². The van der Waals surface area contributed by atoms with E-state index in [1.807, 2.05) is 103 Å². The van der Waals surface area contributed by atoms with E-state index in [4.69, 9.17) is 10.5 Å². The van der Waals surface area contributed by atoms with Crippen LogP contribution in [0.5, 0.6) is 11.5 Å². The minimum Gasteiger partial charge on any atom is -0.457 e. The zero-order valence-electron chi connectivity index (χ0n) is 27.6. The Labute approximate surface area is 283 Å². The molecule has 0 bridgehead atoms. The Kier molecular flexibility index (Phi) is 10.5. The van der Waals surface area contributed by atoms with Gasteiger partial charge in [-0.2, -0.15) is 0 Å². The molecule has 1 fully saturated rings. The zero-order chi connectivity index (χ0) is 33.5. The molecule has 4 aromatic carbocycles. The molecule has 6 rings (SSSR count). The number of nitrogens with one attached hydrogen (secondary N) is 1. The van der Waals surface area contributed by atoms with Crippen molar-refractivity contribution in [2.45, 2.75) is 70.9 Å². The Bertz CT molecular complexity index is 1730. The van der Waals surface area contributed by atoms with E-state index in [-0.39, 0.29) is 18.4 Å². The molecule has 7 heteroatoms. The molecule has 248 valence electrons. The quantitative estimate of drug-likeness (QED) is 0.153. The topological polar surface area (TPSA) is 102 Å². The summed E-state index contributed by atoms with van der Waals surface area (Å²) in [5.41, 5.74) is 10.2. The summed E-state index contributed by atoms with van der Waals surface area (Å²) >= 11 is 0. The molecule has 2 aliphatic rings. The first-order valence-corrected chi connectivity index (χ1v) is 17.3. The number of nitrogens with zero attached hydrogens (tertiary/aromatic N) is 1. The number of primary amides is 1. The van der Waals surface area contributed by atoms with Crippen LogP contribution in [0.2, 0.25) is 0 Å². The lowest BCUT2D eigenvalue weighted by molar-refractivity contribution is -0.136. The van der Waals surface area contributed by atoms with E-state index in [0.29, 0.717) is 24.5 Å². The summed E-state index contributed by atoms with van der Waals surface area (Å²) in [7, 11) is 0. The van der Waals surface area contributed by atoms with Crippen molar-refractivity contribution in [3.05, 3.63) is 114 Å². The van der Waals surface area contributed by atoms with Crippen LogP contribution in [0.4, 0.5) is 5.69 Å². The summed E-state index contributed by atoms with van der Waals surface area (Å²) in [5, 5.41) is 3.18. The van der Waals surface area contributed by atoms with E-state index >= 15 is 0 Å². The number of unbranched alkanes of at least 4 members (excludes halogenated alkanes) is 1. The molecule has 0 radical (unpaired) electrons. The fourth-order valence-corrected chi connectivity index (χ4v) is 7.43. The van der Waals surface area contributed by atoms with Gasteiger partial charge in [0.15, 0.2) is 0 Å². The average molecular weight is 644 g/mol. The molecule has 3 N–H and O–H groups in total. The lowest BCUT2D eigenvalue weighted by Crippen LogP contribution is -2.47. The third kappa shape index (κ3) is 7.46. The number of fused-ring (bicyclic) bond motifs is 3. The summed E-state index contributed by atoms with van der Waals surface area (Å²) in [4.78, 5) is 43.8. The van der Waals surface area contributed by atoms with Crippen molar-refractivity contribution in [2.75, 3.05) is 4.90 Å². The van der Waals surface area contributed by atoms with E-state index in [0.717, 1.165) is 72.2 Å². The van der Waals surface area contributed by atoms with Gasteiger partial charge in [-0.15, -0.1) is 0 Å². The molecular formula is C41H45N3O4. The maximum absolute atomic E-state index is 14.8. The predicted molar refractivity (Wildman–Crippen MR) is 189 cm³/mol. The smallest absolute Gasteiger partial charge is 0.254 e. The number of ether oxygens (including phenoxy) is 1. The maximum Gasteiger partial charge on any atom is 0.254 e. The fraction of sp³-hybridized carbons (Fsp3) is 0.341. The molecule has 1 aliphatic heterocycles. The van der Waals surface area contributed by atoms with Gasteiger partial charge in [-0.3, -0.25) is 14.4 Å². The minimum atomic E-state index is -0.948. The first kappa shape index (κ1) is 33.0. The number of nitrogens with two attached hydrogens (primary N) is 1. The van der Waals surface area contributed by atoms with Crippen LogP contribution in [0.25, 0.3) is 11.1 Å². The molecule has 48 heavy (non-hydrogen) atoms. The van der Waals surface area contributed by atoms with Crippen LogP contribution in [-0.2, 0) is 20.9 Å². The van der Waals surface area contributed by atoms with Crippen LogP contribution in [0.1, 0.15) is 75.5 Å². The molecule has 1 heterocycles. The normalized spacial score (nSPS) is 17.1. The third-order valence-corrected chi connectivity index (χ3v) is 9.89. The largest absolute Gasteiger partial charge is 0.457 e. The zero-order valence-corrected chi connectivity index (χ0v) is 27.6. The van der Waals surface area contributed by atoms with Gasteiger partial charge in [0.2, 0.25) is 11.8 Å². The Balaban J connectivity index is 1.35. The fourth-order valence-electron chi connectivity index (χ4n) is 7.43. The summed E-state index contributed by atoms with van der Waals surface area (Å²) < 4.78 is 6.11. The van der Waals surface area contributed by atoms with Gasteiger partial charge in [-0.05, 0) is 65.8 Å². The Hall–Kier alpha value is -4.91. The van der Waals surface area contributed by atoms with Crippen LogP contribution < -0.4 is 20.7 Å². The molecule has 3 atom stereocenters. The third-order valence-electron chi connectivity index (χ3n) is 9.89. The van der Waals surface area contributed by atoms with Crippen LogP contribution in [0, 0.1) is 17.8 Å². The second kappa shape index (κ2) is 15.3. The first-order chi connectivity index (χ1) is 23.4. The first-order valence-electron chi connectivity index (χ1n) is 17.3. The summed E-state index contributed by atoms with van der Waals surface area (Å²) in [6, 6.07) is 32.0. The van der Waals surface area contributed by atoms with Crippen LogP contribution in [-0.4, -0.2) is 17.7 Å². The van der Waals surface area contributed by atoms with Crippen molar-refractivity contribution in [1.82, 2.24) is 5.32 Å². The van der Waals surface area contributed by atoms with Gasteiger partial charge in [0.05, 0.1) is 12.2 Å². The highest BCUT2D eigenvalue weighted by molar-refractivity contribution is 6.06. The number of carbonyl (C=O) groups excluding carboxylic acids is 3. The van der Waals surface area contributed by atoms with E-state index in [1.165, 1.54) is 0 Å². The van der Waals surface area contributed by atoms with Crippen molar-refractivity contribution < 1.29 is 19.1 Å². The predicted octanol–water partition coefficient (Wildman–Crippen LogP) is 8.34. The monoisotopic (exact) mass is 643 g/mol. The number of para-hydroxylation sites is 2. The summed E-state index contributed by atoms with van der Waals surface area (Å²) in [6.45, 7) is 2.34. The Morgan fingerprint density at radius 3 is 2.29 bits per heavy atom. The standard InChI is InChI=1S/C41H45N3O4/c1-2-3-20-35(39(42)45)36(26-28-14-7-8-15-28)40(46)43-38-34-23-10-9-21-32(34)33-22-11-12-24-37(33)44(41(38)47)27-29-16-13-19-31(25-29)48-30-17-5-4-6-18-30/h4-6,9-13,16-19,21-25,28,35-36,38H,2-3,7-8,14-15,20,26-27H2,1H3,(H2,42,45)(H,43,46). The molecule has 3 unspecified atom stereocenters. The number of benzene rings is 4. The average Bonchev–Trinajstić information content (AvgIpc) is 3.60. The van der Waals surface area contributed by atoms with Gasteiger partial charge in [-0.1, -0.05) is 118 Å². The molecule has 1 aliphatic carbocycles. The Morgan fingerprint density at radius 2 is 1.54 bits per heavy atom. The highest BCUT2D eigenvalue weighted by Gasteiger charge is 2.40. The second-order valence-electron chi connectivity index (χ2n) is 13.2. The lowest BCUT2D eigenvalue weighted by Gasteiger charge is -2.30. The van der Waals surface area contributed by atoms with Crippen molar-refractivity contribution >= 4 is 23.4 Å². The number of rotatable bonds is 13. The van der Waals surface area contributed by atoms with Crippen molar-refractivity contribution in [2.24, 2.45) is 23.5 Å². The number of anilines is 1. The highest BCUT2D eigenvalue weighted by atomic mass is 16.5. The molecule has 7 nitrogen and oxygen atoms in total. The number of hydrogen-bond acceptors (Lipinski definition) is 4. The molecular weight excluding hydrogens is 598 g/mol. The van der Waals surface area contributed by atoms with Gasteiger partial charge >= 0.3 is 0 Å². The van der Waals surface area contributed by atoms with Gasteiger partial charge in [0.25, 0.3) is 5.91 Å². The molecule has 1 saturated carbocycles. The lowest BCUT2D eigenvalue weighted by atomic mass is 9.79. The summed E-state index contributed by atoms with van der Waals surface area (Å²) in [5.74, 6) is -0.372. The molecule has 0 aromatic heterocycles. The van der Waals surface area contributed by atoms with Crippen molar-refractivity contribution in [3.63, 3.8) is 0 Å². The minimum absolute atomic E-state index is 0.237. The second-order valence-corrected chi connectivity index (χ2v) is 13.2. The maximum atomic E-state index is 14.8. The Morgan fingerprint density at radius 1 is 0.854 bits per heavy atom. The van der Waals surface area contributed by atoms with Crippen molar-refractivity contribution in [1.29, 1.82) is 0 Å². The van der Waals surface area contributed by atoms with Crippen LogP contribution in [0.3, 0.4) is 0 Å². The molecule has 4 aromatic rings. The van der Waals surface area contributed by atoms with E-state index < -0.39 is 23.8 Å². The molecule has 0 saturated heterocycles. The van der Waals surface area contributed by atoms with Gasteiger partial charge < -0.3 is 20.7 Å². The molecule has 0 spiro atoms. The van der Waals surface area contributed by atoms with E-state index in [1.54, 1.807) is 4.90 Å². The van der Waals surface area contributed by atoms with Gasteiger partial charge in [0.1, 0.15) is 17.5 Å². The van der Waals surface area contributed by atoms with Gasteiger partial charge in [-0.25, -0.2) is 0 Å². The van der Waals surface area contributed by atoms with Crippen LogP contribution >= 0.6 is 0 Å².